The largest absolute Gasteiger partial charge is 0.508 e. The number of aromatic hydroxyl groups is 2. The molecule has 5 aliphatic heterocycles. The Morgan fingerprint density at radius 1 is 0.531 bits per heavy atom. The molecule has 0 fully saturated rings. The predicted octanol–water partition coefficient (Wildman–Crippen LogP) is 10.3. The van der Waals surface area contributed by atoms with E-state index in [9.17, 15) is 10.2 Å². The van der Waals surface area contributed by atoms with Crippen LogP contribution in [0.4, 0.5) is 0 Å². The fraction of sp³-hybridized carbons (Fsp3) is 0.256. The van der Waals surface area contributed by atoms with Gasteiger partial charge in [-0.3, -0.25) is 0 Å². The van der Waals surface area contributed by atoms with Crippen molar-refractivity contribution in [1.29, 1.82) is 0 Å². The minimum atomic E-state index is 0.164. The van der Waals surface area contributed by atoms with Crippen LogP contribution in [0.15, 0.2) is 152 Å². The first-order valence-corrected chi connectivity index (χ1v) is 17.7. The van der Waals surface area contributed by atoms with E-state index in [1.807, 2.05) is 60.7 Å². The van der Waals surface area contributed by atoms with Gasteiger partial charge < -0.3 is 10.2 Å². The molecule has 6 heteroatoms. The van der Waals surface area contributed by atoms with Crippen molar-refractivity contribution in [2.45, 2.75) is 71.1 Å². The Morgan fingerprint density at radius 3 is 1.90 bits per heavy atom. The summed E-state index contributed by atoms with van der Waals surface area (Å²) < 4.78 is 0. The molecule has 6 nitrogen and oxygen atoms in total. The Bertz CT molecular complexity index is 2040. The second kappa shape index (κ2) is 14.8. The van der Waals surface area contributed by atoms with Gasteiger partial charge >= 0.3 is 0 Å². The number of fused-ring (bicyclic) bond motifs is 4. The molecule has 2 N–H and O–H groups in total. The number of rotatable bonds is 12. The minimum absolute atomic E-state index is 0.164. The first kappa shape index (κ1) is 32.2. The zero-order valence-electron chi connectivity index (χ0n) is 28.1. The van der Waals surface area contributed by atoms with E-state index in [4.69, 9.17) is 20.0 Å². The van der Waals surface area contributed by atoms with Crippen LogP contribution in [0.1, 0.15) is 82.3 Å². The topological polar surface area (TPSA) is 89.9 Å². The Labute approximate surface area is 288 Å². The molecular weight excluding hydrogens is 604 g/mol. The van der Waals surface area contributed by atoms with Gasteiger partial charge in [-0.25, -0.2) is 20.0 Å². The molecule has 0 atom stereocenters. The number of phenols is 2. The maximum atomic E-state index is 10.5. The molecule has 49 heavy (non-hydrogen) atoms. The molecule has 2 aromatic carbocycles. The normalized spacial score (nSPS) is 17.7. The maximum absolute atomic E-state index is 10.5. The number of aliphatic imine (C=N–C) groups is 4. The van der Waals surface area contributed by atoms with Crippen LogP contribution < -0.4 is 0 Å². The summed E-state index contributed by atoms with van der Waals surface area (Å²) in [5.74, 6) is 0.330. The lowest BCUT2D eigenvalue weighted by Gasteiger charge is -2.11. The highest BCUT2D eigenvalue weighted by atomic mass is 16.3. The molecule has 0 spiro atoms. The lowest BCUT2D eigenvalue weighted by molar-refractivity contribution is 0.474. The van der Waals surface area contributed by atoms with Crippen molar-refractivity contribution in [3.8, 4) is 11.5 Å². The molecule has 246 valence electrons. The smallest absolute Gasteiger partial charge is 0.116 e. The first-order chi connectivity index (χ1) is 24.0. The van der Waals surface area contributed by atoms with Crippen molar-refractivity contribution < 1.29 is 10.2 Å². The van der Waals surface area contributed by atoms with E-state index < -0.39 is 0 Å². The summed E-state index contributed by atoms with van der Waals surface area (Å²) in [7, 11) is 0. The lowest BCUT2D eigenvalue weighted by Crippen LogP contribution is -2.01. The molecule has 0 aliphatic carbocycles. The van der Waals surface area contributed by atoms with Crippen LogP contribution in [-0.2, 0) is 0 Å². The van der Waals surface area contributed by atoms with Crippen molar-refractivity contribution in [1.82, 2.24) is 0 Å². The summed E-state index contributed by atoms with van der Waals surface area (Å²) in [4.78, 5) is 20.2. The van der Waals surface area contributed by atoms with Crippen LogP contribution in [0.2, 0.25) is 0 Å². The summed E-state index contributed by atoms with van der Waals surface area (Å²) in [5, 5.41) is 21.0. The van der Waals surface area contributed by atoms with E-state index >= 15 is 0 Å². The number of unbranched alkanes of at least 4 members (excludes halogenated alkanes) is 8. The molecule has 0 amide bonds. The van der Waals surface area contributed by atoms with E-state index in [0.717, 1.165) is 80.6 Å². The zero-order valence-corrected chi connectivity index (χ0v) is 28.1. The average molecular weight is 647 g/mol. The molecule has 5 aliphatic rings. The molecular formula is C43H42N4O2. The SMILES string of the molecule is CCCCCCCCCCCC1=C2C=CC(=N2)C=C2C=CC(=N2)C=C2N=C(C=C3C=CC1=N3)C(c1cccc(O)c1)=C2c1cccc(O)c1. The van der Waals surface area contributed by atoms with Gasteiger partial charge in [0.2, 0.25) is 0 Å². The van der Waals surface area contributed by atoms with Gasteiger partial charge in [-0.1, -0.05) is 82.6 Å². The van der Waals surface area contributed by atoms with E-state index in [0.29, 0.717) is 5.70 Å². The van der Waals surface area contributed by atoms with E-state index in [2.05, 4.69) is 25.2 Å². The van der Waals surface area contributed by atoms with Gasteiger partial charge in [0.25, 0.3) is 0 Å². The fourth-order valence-electron chi connectivity index (χ4n) is 6.85. The summed E-state index contributed by atoms with van der Waals surface area (Å²) in [6, 6.07) is 14.4. The monoisotopic (exact) mass is 646 g/mol. The van der Waals surface area contributed by atoms with Gasteiger partial charge in [0.1, 0.15) is 11.5 Å². The second-order valence-electron chi connectivity index (χ2n) is 13.0. The number of allylic oxidation sites excluding steroid dienone is 12. The number of benzene rings is 2. The highest BCUT2D eigenvalue weighted by molar-refractivity contribution is 6.40. The first-order valence-electron chi connectivity index (χ1n) is 17.7. The van der Waals surface area contributed by atoms with Crippen LogP contribution >= 0.6 is 0 Å². The van der Waals surface area contributed by atoms with Gasteiger partial charge in [-0.2, -0.15) is 0 Å². The van der Waals surface area contributed by atoms with Gasteiger partial charge in [0.15, 0.2) is 0 Å². The fourth-order valence-corrected chi connectivity index (χ4v) is 6.85. The summed E-state index contributed by atoms with van der Waals surface area (Å²) in [5.41, 5.74) is 11.1. The molecule has 8 bridgehead atoms. The molecule has 2 aromatic rings. The van der Waals surface area contributed by atoms with Crippen molar-refractivity contribution in [2.24, 2.45) is 20.0 Å². The van der Waals surface area contributed by atoms with Crippen LogP contribution in [0.25, 0.3) is 11.1 Å². The maximum Gasteiger partial charge on any atom is 0.116 e. The lowest BCUT2D eigenvalue weighted by atomic mass is 9.91. The van der Waals surface area contributed by atoms with Crippen molar-refractivity contribution in [2.75, 3.05) is 0 Å². The van der Waals surface area contributed by atoms with Gasteiger partial charge in [-0.15, -0.1) is 0 Å². The predicted molar refractivity (Wildman–Crippen MR) is 203 cm³/mol. The molecule has 0 unspecified atom stereocenters. The molecule has 7 rings (SSSR count). The standard InChI is InChI=1S/C43H42N4O2/c1-2-3-4-5-6-7-8-9-10-17-37-38-22-20-32(45-38)26-31-18-19-33(44-31)27-40-42(29-13-11-15-35(48)24-29)43(30-14-12-16-36(49)25-30)41(47-40)28-34-21-23-39(37)46-34/h11-16,18-28,48-49H,2-10,17H2,1H3. The van der Waals surface area contributed by atoms with Gasteiger partial charge in [0.05, 0.1) is 45.6 Å². The Morgan fingerprint density at radius 2 is 1.16 bits per heavy atom. The average Bonchev–Trinajstić information content (AvgIpc) is 3.90. The van der Waals surface area contributed by atoms with Crippen LogP contribution in [0.3, 0.4) is 0 Å². The van der Waals surface area contributed by atoms with Crippen molar-refractivity contribution in [3.05, 3.63) is 143 Å². The van der Waals surface area contributed by atoms with E-state index in [-0.39, 0.29) is 11.5 Å². The number of hydrogen-bond donors (Lipinski definition) is 2. The number of nitrogens with zero attached hydrogens (tertiary/aromatic N) is 4. The quantitative estimate of drug-likeness (QED) is 0.225. The summed E-state index contributed by atoms with van der Waals surface area (Å²) >= 11 is 0. The van der Waals surface area contributed by atoms with Crippen molar-refractivity contribution >= 4 is 34.0 Å². The summed E-state index contributed by atoms with van der Waals surface area (Å²) in [6.07, 6.45) is 30.7. The molecule has 0 aromatic heterocycles. The highest BCUT2D eigenvalue weighted by Gasteiger charge is 2.27. The molecule has 5 heterocycles. The van der Waals surface area contributed by atoms with Crippen LogP contribution in [0.5, 0.6) is 11.5 Å². The third kappa shape index (κ3) is 7.54. The summed E-state index contributed by atoms with van der Waals surface area (Å²) in [6.45, 7) is 2.27. The third-order valence-corrected chi connectivity index (χ3v) is 9.29. The number of phenolic OH excluding ortho intramolecular Hbond substituents is 2. The number of hydrogen-bond acceptors (Lipinski definition) is 6. The third-order valence-electron chi connectivity index (χ3n) is 9.29. The molecule has 0 radical (unpaired) electrons. The van der Waals surface area contributed by atoms with E-state index in [1.54, 1.807) is 24.3 Å². The van der Waals surface area contributed by atoms with Crippen molar-refractivity contribution in [3.63, 3.8) is 0 Å². The van der Waals surface area contributed by atoms with Gasteiger partial charge in [-0.05, 0) is 103 Å². The zero-order chi connectivity index (χ0) is 33.6. The Hall–Kier alpha value is -5.36. The Balaban J connectivity index is 1.28. The second-order valence-corrected chi connectivity index (χ2v) is 13.0. The van der Waals surface area contributed by atoms with Crippen LogP contribution in [0, 0.1) is 0 Å². The molecule has 0 saturated carbocycles. The van der Waals surface area contributed by atoms with E-state index in [1.165, 1.54) is 51.4 Å². The Kier molecular flexibility index (Phi) is 9.74. The van der Waals surface area contributed by atoms with Crippen LogP contribution in [-0.4, -0.2) is 33.1 Å². The van der Waals surface area contributed by atoms with Gasteiger partial charge in [0, 0.05) is 16.7 Å². The highest BCUT2D eigenvalue weighted by Crippen LogP contribution is 2.42. The molecule has 0 saturated heterocycles. The minimum Gasteiger partial charge on any atom is -0.508 e.